The lowest BCUT2D eigenvalue weighted by Gasteiger charge is -2.43. The number of fused-ring (bicyclic) bond motifs is 1. The van der Waals surface area contributed by atoms with Crippen molar-refractivity contribution in [2.24, 2.45) is 4.99 Å². The Labute approximate surface area is 178 Å². The van der Waals surface area contributed by atoms with Gasteiger partial charge in [0.2, 0.25) is 0 Å². The molecule has 0 amide bonds. The van der Waals surface area contributed by atoms with Gasteiger partial charge in [-0.1, -0.05) is 24.6 Å². The molecule has 0 saturated carbocycles. The molecule has 3 rings (SSSR count). The van der Waals surface area contributed by atoms with E-state index in [0.717, 1.165) is 24.3 Å². The first-order valence-electron chi connectivity index (χ1n) is 9.87. The van der Waals surface area contributed by atoms with Crippen LogP contribution < -0.4 is 14.4 Å². The van der Waals surface area contributed by atoms with Crippen LogP contribution >= 0.6 is 11.6 Å². The molecule has 154 valence electrons. The number of nitrogens with zero attached hydrogens (tertiary/aromatic N) is 2. The molecule has 0 spiro atoms. The third-order valence-corrected chi connectivity index (χ3v) is 5.50. The first-order valence-corrected chi connectivity index (χ1v) is 10.3. The summed E-state index contributed by atoms with van der Waals surface area (Å²) >= 11 is 6.13. The fraction of sp³-hybridized carbons (Fsp3) is 0.375. The Balaban J connectivity index is 2.09. The van der Waals surface area contributed by atoms with E-state index >= 15 is 0 Å². The van der Waals surface area contributed by atoms with Gasteiger partial charge in [0.05, 0.1) is 19.8 Å². The van der Waals surface area contributed by atoms with Crippen molar-refractivity contribution in [1.29, 1.82) is 0 Å². The number of benzene rings is 2. The van der Waals surface area contributed by atoms with Gasteiger partial charge in [-0.05, 0) is 57.0 Å². The lowest BCUT2D eigenvalue weighted by Crippen LogP contribution is -2.45. The molecule has 1 heterocycles. The van der Waals surface area contributed by atoms with Crippen molar-refractivity contribution in [2.45, 2.75) is 39.7 Å². The Morgan fingerprint density at radius 3 is 2.48 bits per heavy atom. The Hall–Kier alpha value is -2.46. The maximum atomic E-state index is 6.13. The van der Waals surface area contributed by atoms with Crippen molar-refractivity contribution >= 4 is 34.8 Å². The second-order valence-corrected chi connectivity index (χ2v) is 8.25. The molecule has 0 N–H and O–H groups in total. The summed E-state index contributed by atoms with van der Waals surface area (Å²) in [5.74, 6) is 1.47. The smallest absolute Gasteiger partial charge is 0.144 e. The van der Waals surface area contributed by atoms with Crippen LogP contribution in [0.2, 0.25) is 5.02 Å². The van der Waals surface area contributed by atoms with E-state index in [4.69, 9.17) is 21.1 Å². The molecule has 0 unspecified atom stereocenters. The molecule has 5 heteroatoms. The van der Waals surface area contributed by atoms with Crippen LogP contribution in [0, 0.1) is 0 Å². The van der Waals surface area contributed by atoms with E-state index in [1.807, 2.05) is 12.3 Å². The highest BCUT2D eigenvalue weighted by atomic mass is 35.5. The van der Waals surface area contributed by atoms with E-state index in [1.54, 1.807) is 26.4 Å². The fourth-order valence-corrected chi connectivity index (χ4v) is 4.10. The molecule has 2 aromatic carbocycles. The maximum Gasteiger partial charge on any atom is 0.144 e. The van der Waals surface area contributed by atoms with Gasteiger partial charge in [-0.25, -0.2) is 0 Å². The molecule has 1 aliphatic heterocycles. The van der Waals surface area contributed by atoms with Crippen LogP contribution in [0.5, 0.6) is 11.5 Å². The zero-order valence-electron chi connectivity index (χ0n) is 18.0. The number of aliphatic imine (C=N–C) groups is 1. The van der Waals surface area contributed by atoms with E-state index in [1.165, 1.54) is 16.8 Å². The Kier molecular flexibility index (Phi) is 6.23. The molecule has 0 aliphatic carbocycles. The summed E-state index contributed by atoms with van der Waals surface area (Å²) in [4.78, 5) is 7.07. The van der Waals surface area contributed by atoms with E-state index in [0.29, 0.717) is 16.5 Å². The second-order valence-electron chi connectivity index (χ2n) is 7.82. The van der Waals surface area contributed by atoms with Crippen molar-refractivity contribution in [1.82, 2.24) is 0 Å². The van der Waals surface area contributed by atoms with E-state index in [-0.39, 0.29) is 5.54 Å². The third kappa shape index (κ3) is 4.27. The standard InChI is InChI=1S/C24H29ClN2O2/c1-7-10-27-21-13-23(29-6)17(11-19(21)16(2)14-24(27,3)4)15-26-20-12-18(25)8-9-22(20)28-5/h8-9,11-15H,7,10H2,1-6H3. The molecule has 2 aromatic rings. The summed E-state index contributed by atoms with van der Waals surface area (Å²) in [6.07, 6.45) is 5.22. The van der Waals surface area contributed by atoms with Crippen LogP contribution in [0.3, 0.4) is 0 Å². The van der Waals surface area contributed by atoms with Crippen molar-refractivity contribution < 1.29 is 9.47 Å². The average molecular weight is 413 g/mol. The summed E-state index contributed by atoms with van der Waals surface area (Å²) < 4.78 is 11.1. The highest BCUT2D eigenvalue weighted by molar-refractivity contribution is 6.30. The average Bonchev–Trinajstić information content (AvgIpc) is 2.68. The minimum absolute atomic E-state index is 0.0398. The minimum atomic E-state index is -0.0398. The quantitative estimate of drug-likeness (QED) is 0.506. The van der Waals surface area contributed by atoms with E-state index in [9.17, 15) is 0 Å². The van der Waals surface area contributed by atoms with Crippen LogP contribution in [-0.2, 0) is 0 Å². The number of anilines is 1. The number of halogens is 1. The molecule has 29 heavy (non-hydrogen) atoms. The van der Waals surface area contributed by atoms with Gasteiger partial charge >= 0.3 is 0 Å². The van der Waals surface area contributed by atoms with Crippen LogP contribution in [-0.4, -0.2) is 32.5 Å². The zero-order valence-corrected chi connectivity index (χ0v) is 18.8. The molecule has 4 nitrogen and oxygen atoms in total. The van der Waals surface area contributed by atoms with Crippen molar-refractivity contribution in [3.05, 3.63) is 52.6 Å². The Morgan fingerprint density at radius 2 is 1.83 bits per heavy atom. The van der Waals surface area contributed by atoms with Crippen LogP contribution in [0.15, 0.2) is 41.4 Å². The van der Waals surface area contributed by atoms with E-state index in [2.05, 4.69) is 55.8 Å². The molecular formula is C24H29ClN2O2. The summed E-state index contributed by atoms with van der Waals surface area (Å²) in [6, 6.07) is 9.67. The molecular weight excluding hydrogens is 384 g/mol. The minimum Gasteiger partial charge on any atom is -0.496 e. The van der Waals surface area contributed by atoms with Gasteiger partial charge in [-0.3, -0.25) is 4.99 Å². The lowest BCUT2D eigenvalue weighted by molar-refractivity contribution is 0.413. The fourth-order valence-electron chi connectivity index (χ4n) is 3.93. The largest absolute Gasteiger partial charge is 0.496 e. The molecule has 0 atom stereocenters. The SMILES string of the molecule is CCCN1c2cc(OC)c(C=Nc3cc(Cl)ccc3OC)cc2C(C)=CC1(C)C. The number of methoxy groups -OCH3 is 2. The van der Waals surface area contributed by atoms with Gasteiger partial charge < -0.3 is 14.4 Å². The molecule has 0 saturated heterocycles. The number of rotatable bonds is 6. The first-order chi connectivity index (χ1) is 13.8. The van der Waals surface area contributed by atoms with Crippen molar-refractivity contribution in [3.8, 4) is 11.5 Å². The van der Waals surface area contributed by atoms with Gasteiger partial charge in [0.15, 0.2) is 0 Å². The summed E-state index contributed by atoms with van der Waals surface area (Å²) in [5, 5.41) is 0.617. The predicted octanol–water partition coefficient (Wildman–Crippen LogP) is 6.52. The Bertz CT molecular complexity index is 964. The summed E-state index contributed by atoms with van der Waals surface area (Å²) in [6.45, 7) is 9.86. The first kappa shape index (κ1) is 21.3. The number of hydrogen-bond donors (Lipinski definition) is 0. The summed E-state index contributed by atoms with van der Waals surface area (Å²) in [5.41, 5.74) is 5.22. The van der Waals surface area contributed by atoms with Gasteiger partial charge in [0.1, 0.15) is 17.2 Å². The van der Waals surface area contributed by atoms with Crippen LogP contribution in [0.4, 0.5) is 11.4 Å². The maximum absolute atomic E-state index is 6.13. The number of ether oxygens (including phenoxy) is 2. The monoisotopic (exact) mass is 412 g/mol. The molecule has 0 aromatic heterocycles. The molecule has 1 aliphatic rings. The lowest BCUT2D eigenvalue weighted by atomic mass is 9.87. The van der Waals surface area contributed by atoms with Crippen LogP contribution in [0.25, 0.3) is 5.57 Å². The Morgan fingerprint density at radius 1 is 1.10 bits per heavy atom. The molecule has 0 radical (unpaired) electrons. The predicted molar refractivity (Wildman–Crippen MR) is 124 cm³/mol. The van der Waals surface area contributed by atoms with Gasteiger partial charge in [-0.15, -0.1) is 0 Å². The van der Waals surface area contributed by atoms with Gasteiger partial charge in [-0.2, -0.15) is 0 Å². The van der Waals surface area contributed by atoms with Crippen molar-refractivity contribution in [2.75, 3.05) is 25.7 Å². The topological polar surface area (TPSA) is 34.1 Å². The van der Waals surface area contributed by atoms with Gasteiger partial charge in [0, 0.05) is 40.7 Å². The zero-order chi connectivity index (χ0) is 21.2. The second kappa shape index (κ2) is 8.50. The number of allylic oxidation sites excluding steroid dienone is 1. The third-order valence-electron chi connectivity index (χ3n) is 5.26. The summed E-state index contributed by atoms with van der Waals surface area (Å²) in [7, 11) is 3.32. The molecule has 0 fully saturated rings. The van der Waals surface area contributed by atoms with Gasteiger partial charge in [0.25, 0.3) is 0 Å². The van der Waals surface area contributed by atoms with Crippen LogP contribution in [0.1, 0.15) is 45.2 Å². The normalized spacial score (nSPS) is 15.3. The van der Waals surface area contributed by atoms with Crippen molar-refractivity contribution in [3.63, 3.8) is 0 Å². The highest BCUT2D eigenvalue weighted by Crippen LogP contribution is 2.42. The number of hydrogen-bond acceptors (Lipinski definition) is 4. The molecule has 0 bridgehead atoms. The highest BCUT2D eigenvalue weighted by Gasteiger charge is 2.31. The van der Waals surface area contributed by atoms with E-state index < -0.39 is 0 Å².